The summed E-state index contributed by atoms with van der Waals surface area (Å²) in [5.41, 5.74) is 5.15. The highest BCUT2D eigenvalue weighted by atomic mass is 19.4. The summed E-state index contributed by atoms with van der Waals surface area (Å²) in [6, 6.07) is 3.48. The average molecular weight is 259 g/mol. The molecular weight excluding hydrogens is 243 g/mol. The van der Waals surface area contributed by atoms with Crippen LogP contribution in [0, 0.1) is 5.92 Å². The molecule has 1 rings (SSSR count). The zero-order chi connectivity index (χ0) is 13.9. The number of rotatable bonds is 4. The molecule has 1 unspecified atom stereocenters. The number of ketones is 1. The SMILES string of the molecule is CC(C)CC(N)C(=O)c1ccc(C(F)(F)F)cc1. The molecular formula is C13H16F3NO. The number of benzene rings is 1. The highest BCUT2D eigenvalue weighted by Gasteiger charge is 2.30. The minimum Gasteiger partial charge on any atom is -0.321 e. The predicted octanol–water partition coefficient (Wildman–Crippen LogP) is 3.26. The third-order valence-electron chi connectivity index (χ3n) is 2.56. The lowest BCUT2D eigenvalue weighted by atomic mass is 9.96. The molecule has 0 amide bonds. The summed E-state index contributed by atoms with van der Waals surface area (Å²) in [7, 11) is 0. The van der Waals surface area contributed by atoms with Crippen LogP contribution in [-0.2, 0) is 6.18 Å². The van der Waals surface area contributed by atoms with Crippen LogP contribution in [0.2, 0.25) is 0 Å². The van der Waals surface area contributed by atoms with Gasteiger partial charge in [-0.05, 0) is 24.5 Å². The number of carbonyl (C=O) groups is 1. The standard InChI is InChI=1S/C13H16F3NO/c1-8(2)7-11(17)12(18)9-3-5-10(6-4-9)13(14,15)16/h3-6,8,11H,7,17H2,1-2H3. The molecule has 0 aromatic heterocycles. The lowest BCUT2D eigenvalue weighted by Crippen LogP contribution is -2.31. The zero-order valence-corrected chi connectivity index (χ0v) is 10.3. The van der Waals surface area contributed by atoms with Gasteiger partial charge in [0.1, 0.15) is 0 Å². The molecule has 0 saturated heterocycles. The Labute approximate surface area is 104 Å². The van der Waals surface area contributed by atoms with Crippen molar-refractivity contribution in [2.24, 2.45) is 11.7 Å². The van der Waals surface area contributed by atoms with E-state index in [9.17, 15) is 18.0 Å². The maximum Gasteiger partial charge on any atom is 0.416 e. The van der Waals surface area contributed by atoms with Crippen LogP contribution < -0.4 is 5.73 Å². The van der Waals surface area contributed by atoms with Crippen molar-refractivity contribution >= 4 is 5.78 Å². The van der Waals surface area contributed by atoms with Crippen molar-refractivity contribution in [2.75, 3.05) is 0 Å². The molecule has 0 aliphatic rings. The fraction of sp³-hybridized carbons (Fsp3) is 0.462. The predicted molar refractivity (Wildman–Crippen MR) is 63.2 cm³/mol. The fourth-order valence-electron chi connectivity index (χ4n) is 1.65. The second-order valence-corrected chi connectivity index (χ2v) is 4.68. The highest BCUT2D eigenvalue weighted by Crippen LogP contribution is 2.29. The second kappa shape index (κ2) is 5.52. The molecule has 100 valence electrons. The summed E-state index contributed by atoms with van der Waals surface area (Å²) >= 11 is 0. The summed E-state index contributed by atoms with van der Waals surface area (Å²) in [6.07, 6.45) is -3.87. The third kappa shape index (κ3) is 3.84. The monoisotopic (exact) mass is 259 g/mol. The van der Waals surface area contributed by atoms with Crippen LogP contribution >= 0.6 is 0 Å². The molecule has 0 radical (unpaired) electrons. The Bertz CT molecular complexity index is 409. The number of hydrogen-bond donors (Lipinski definition) is 1. The molecule has 1 atom stereocenters. The molecule has 0 bridgehead atoms. The van der Waals surface area contributed by atoms with Crippen LogP contribution in [0.1, 0.15) is 36.2 Å². The van der Waals surface area contributed by atoms with E-state index in [0.717, 1.165) is 12.1 Å². The van der Waals surface area contributed by atoms with Gasteiger partial charge >= 0.3 is 6.18 Å². The fourth-order valence-corrected chi connectivity index (χ4v) is 1.65. The molecule has 18 heavy (non-hydrogen) atoms. The first-order valence-corrected chi connectivity index (χ1v) is 5.69. The largest absolute Gasteiger partial charge is 0.416 e. The van der Waals surface area contributed by atoms with Crippen molar-refractivity contribution in [3.8, 4) is 0 Å². The van der Waals surface area contributed by atoms with Gasteiger partial charge in [-0.2, -0.15) is 13.2 Å². The lowest BCUT2D eigenvalue weighted by molar-refractivity contribution is -0.137. The van der Waals surface area contributed by atoms with Crippen molar-refractivity contribution in [1.29, 1.82) is 0 Å². The van der Waals surface area contributed by atoms with Gasteiger partial charge in [-0.15, -0.1) is 0 Å². The number of carbonyl (C=O) groups excluding carboxylic acids is 1. The first-order valence-electron chi connectivity index (χ1n) is 5.69. The number of alkyl halides is 3. The minimum atomic E-state index is -4.39. The van der Waals surface area contributed by atoms with E-state index in [1.165, 1.54) is 12.1 Å². The molecule has 0 spiro atoms. The van der Waals surface area contributed by atoms with Gasteiger partial charge in [-0.3, -0.25) is 4.79 Å². The van der Waals surface area contributed by atoms with Crippen LogP contribution in [0.5, 0.6) is 0 Å². The van der Waals surface area contributed by atoms with Crippen molar-refractivity contribution in [3.63, 3.8) is 0 Å². The molecule has 0 saturated carbocycles. The summed E-state index contributed by atoms with van der Waals surface area (Å²) in [5.74, 6) is -0.0594. The van der Waals surface area contributed by atoms with E-state index in [-0.39, 0.29) is 17.3 Å². The van der Waals surface area contributed by atoms with Crippen molar-refractivity contribution in [1.82, 2.24) is 0 Å². The van der Waals surface area contributed by atoms with Crippen LogP contribution in [0.15, 0.2) is 24.3 Å². The van der Waals surface area contributed by atoms with Crippen LogP contribution in [0.25, 0.3) is 0 Å². The van der Waals surface area contributed by atoms with E-state index >= 15 is 0 Å². The topological polar surface area (TPSA) is 43.1 Å². The number of hydrogen-bond acceptors (Lipinski definition) is 2. The lowest BCUT2D eigenvalue weighted by Gasteiger charge is -2.13. The van der Waals surface area contributed by atoms with Crippen molar-refractivity contribution in [2.45, 2.75) is 32.5 Å². The zero-order valence-electron chi connectivity index (χ0n) is 10.3. The maximum absolute atomic E-state index is 12.3. The molecule has 0 fully saturated rings. The molecule has 0 aliphatic carbocycles. The van der Waals surface area contributed by atoms with E-state index in [2.05, 4.69) is 0 Å². The minimum absolute atomic E-state index is 0.219. The molecule has 0 aliphatic heterocycles. The number of nitrogens with two attached hydrogens (primary N) is 1. The van der Waals surface area contributed by atoms with Gasteiger partial charge < -0.3 is 5.73 Å². The Hall–Kier alpha value is -1.36. The van der Waals surface area contributed by atoms with E-state index in [4.69, 9.17) is 5.73 Å². The highest BCUT2D eigenvalue weighted by molar-refractivity contribution is 5.99. The molecule has 2 nitrogen and oxygen atoms in total. The van der Waals surface area contributed by atoms with Crippen molar-refractivity contribution < 1.29 is 18.0 Å². The number of halogens is 3. The van der Waals surface area contributed by atoms with E-state index in [0.29, 0.717) is 6.42 Å². The Kier molecular flexibility index (Phi) is 4.51. The smallest absolute Gasteiger partial charge is 0.321 e. The summed E-state index contributed by atoms with van der Waals surface area (Å²) in [4.78, 5) is 11.8. The summed E-state index contributed by atoms with van der Waals surface area (Å²) in [5, 5.41) is 0. The maximum atomic E-state index is 12.3. The molecule has 1 aromatic carbocycles. The van der Waals surface area contributed by atoms with E-state index in [1.807, 2.05) is 13.8 Å². The first-order chi connectivity index (χ1) is 8.21. The van der Waals surface area contributed by atoms with Gasteiger partial charge in [-0.25, -0.2) is 0 Å². The van der Waals surface area contributed by atoms with Crippen LogP contribution in [0.3, 0.4) is 0 Å². The van der Waals surface area contributed by atoms with E-state index in [1.54, 1.807) is 0 Å². The Morgan fingerprint density at radius 2 is 1.72 bits per heavy atom. The summed E-state index contributed by atoms with van der Waals surface area (Å²) in [6.45, 7) is 3.86. The average Bonchev–Trinajstić information content (AvgIpc) is 2.26. The van der Waals surface area contributed by atoms with Gasteiger partial charge in [0.2, 0.25) is 0 Å². The Morgan fingerprint density at radius 3 is 2.11 bits per heavy atom. The van der Waals surface area contributed by atoms with Gasteiger partial charge in [0.25, 0.3) is 0 Å². The number of Topliss-reactive ketones (excluding diaryl/α,β-unsaturated/α-hetero) is 1. The molecule has 1 aromatic rings. The summed E-state index contributed by atoms with van der Waals surface area (Å²) < 4.78 is 37.0. The normalized spacial score (nSPS) is 13.7. The van der Waals surface area contributed by atoms with Gasteiger partial charge in [0, 0.05) is 5.56 Å². The Balaban J connectivity index is 2.82. The van der Waals surface area contributed by atoms with Crippen LogP contribution in [-0.4, -0.2) is 11.8 Å². The first kappa shape index (κ1) is 14.7. The molecule has 0 heterocycles. The second-order valence-electron chi connectivity index (χ2n) is 4.68. The van der Waals surface area contributed by atoms with Crippen LogP contribution in [0.4, 0.5) is 13.2 Å². The third-order valence-corrected chi connectivity index (χ3v) is 2.56. The van der Waals surface area contributed by atoms with Gasteiger partial charge in [-0.1, -0.05) is 26.0 Å². The Morgan fingerprint density at radius 1 is 1.22 bits per heavy atom. The van der Waals surface area contributed by atoms with E-state index < -0.39 is 17.8 Å². The quantitative estimate of drug-likeness (QED) is 0.843. The molecule has 5 heteroatoms. The molecule has 2 N–H and O–H groups in total. The van der Waals surface area contributed by atoms with Gasteiger partial charge in [0.15, 0.2) is 5.78 Å². The van der Waals surface area contributed by atoms with Gasteiger partial charge in [0.05, 0.1) is 11.6 Å². The van der Waals surface area contributed by atoms with Crippen molar-refractivity contribution in [3.05, 3.63) is 35.4 Å².